The van der Waals surface area contributed by atoms with Gasteiger partial charge >= 0.3 is 12.4 Å². The lowest BCUT2D eigenvalue weighted by Gasteiger charge is -2.12. The van der Waals surface area contributed by atoms with E-state index in [0.29, 0.717) is 18.2 Å². The van der Waals surface area contributed by atoms with Gasteiger partial charge in [0.2, 0.25) is 0 Å². The molecule has 0 aliphatic heterocycles. The number of anilines is 1. The van der Waals surface area contributed by atoms with Crippen molar-refractivity contribution < 1.29 is 30.7 Å². The Labute approximate surface area is 91.2 Å². The van der Waals surface area contributed by atoms with Crippen molar-refractivity contribution >= 4 is 5.69 Å². The Balaban J connectivity index is 2.92. The molecule has 96 valence electrons. The van der Waals surface area contributed by atoms with Crippen LogP contribution in [0.25, 0.3) is 0 Å². The van der Waals surface area contributed by atoms with E-state index in [0.717, 1.165) is 0 Å². The van der Waals surface area contributed by atoms with Crippen molar-refractivity contribution in [2.24, 2.45) is 0 Å². The lowest BCUT2D eigenvalue weighted by atomic mass is 10.2. The highest BCUT2D eigenvalue weighted by atomic mass is 19.4. The molecule has 0 saturated heterocycles. The van der Waals surface area contributed by atoms with Crippen molar-refractivity contribution in [3.8, 4) is 0 Å². The summed E-state index contributed by atoms with van der Waals surface area (Å²) < 4.78 is 84.9. The number of halogens is 7. The second-order valence-electron chi connectivity index (χ2n) is 3.16. The van der Waals surface area contributed by atoms with Gasteiger partial charge in [0.25, 0.3) is 0 Å². The van der Waals surface area contributed by atoms with Crippen LogP contribution < -0.4 is 5.32 Å². The zero-order chi connectivity index (χ0) is 13.3. The number of alkyl halides is 6. The van der Waals surface area contributed by atoms with Gasteiger partial charge in [-0.1, -0.05) is 0 Å². The average molecular weight is 261 g/mol. The molecule has 1 aromatic rings. The molecule has 0 aromatic heterocycles. The smallest absolute Gasteiger partial charge is 0.374 e. The number of benzene rings is 1. The first kappa shape index (κ1) is 13.6. The highest BCUT2D eigenvalue weighted by molar-refractivity contribution is 5.48. The average Bonchev–Trinajstić information content (AvgIpc) is 2.13. The predicted octanol–water partition coefficient (Wildman–Crippen LogP) is 3.82. The molecule has 1 rings (SSSR count). The Kier molecular flexibility index (Phi) is 3.53. The summed E-state index contributed by atoms with van der Waals surface area (Å²) in [6.07, 6.45) is -9.37. The highest BCUT2D eigenvalue weighted by Crippen LogP contribution is 2.32. The molecule has 1 nitrogen and oxygen atoms in total. The molecule has 17 heavy (non-hydrogen) atoms. The summed E-state index contributed by atoms with van der Waals surface area (Å²) in [5.41, 5.74) is -2.05. The van der Waals surface area contributed by atoms with Gasteiger partial charge in [-0.15, -0.1) is 0 Å². The van der Waals surface area contributed by atoms with E-state index in [1.54, 1.807) is 5.32 Å². The van der Waals surface area contributed by atoms with Gasteiger partial charge in [0.1, 0.15) is 12.4 Å². The van der Waals surface area contributed by atoms with Crippen LogP contribution in [-0.2, 0) is 6.18 Å². The quantitative estimate of drug-likeness (QED) is 0.798. The van der Waals surface area contributed by atoms with Crippen LogP contribution in [-0.4, -0.2) is 12.7 Å². The summed E-state index contributed by atoms with van der Waals surface area (Å²) in [5, 5.41) is 1.57. The lowest BCUT2D eigenvalue weighted by molar-refractivity contribution is -0.137. The van der Waals surface area contributed by atoms with Crippen molar-refractivity contribution in [1.29, 1.82) is 0 Å². The molecular formula is C9H6F7N. The fraction of sp³-hybridized carbons (Fsp3) is 0.333. The maximum absolute atomic E-state index is 12.9. The minimum absolute atomic E-state index is 0.293. The minimum Gasteiger partial charge on any atom is -0.374 e. The van der Waals surface area contributed by atoms with Crippen molar-refractivity contribution in [3.05, 3.63) is 29.6 Å². The van der Waals surface area contributed by atoms with E-state index in [1.807, 2.05) is 0 Å². The van der Waals surface area contributed by atoms with Gasteiger partial charge in [0.15, 0.2) is 0 Å². The molecular weight excluding hydrogens is 255 g/mol. The molecule has 0 spiro atoms. The van der Waals surface area contributed by atoms with Gasteiger partial charge < -0.3 is 5.32 Å². The molecule has 0 unspecified atom stereocenters. The first-order valence-electron chi connectivity index (χ1n) is 4.27. The van der Waals surface area contributed by atoms with E-state index in [4.69, 9.17) is 0 Å². The summed E-state index contributed by atoms with van der Waals surface area (Å²) in [6.45, 7) is -1.61. The van der Waals surface area contributed by atoms with Crippen LogP contribution in [0.15, 0.2) is 18.2 Å². The van der Waals surface area contributed by atoms with E-state index in [2.05, 4.69) is 0 Å². The summed E-state index contributed by atoms with van der Waals surface area (Å²) in [4.78, 5) is 0. The minimum atomic E-state index is -4.73. The lowest BCUT2D eigenvalue weighted by Crippen LogP contribution is -2.22. The van der Waals surface area contributed by atoms with Crippen LogP contribution in [0.1, 0.15) is 5.56 Å². The molecule has 0 radical (unpaired) electrons. The molecule has 0 atom stereocenters. The molecule has 0 fully saturated rings. The normalized spacial score (nSPS) is 12.6. The largest absolute Gasteiger partial charge is 0.416 e. The number of hydrogen-bond acceptors (Lipinski definition) is 1. The van der Waals surface area contributed by atoms with Gasteiger partial charge in [-0.05, 0) is 18.2 Å². The molecule has 8 heteroatoms. The Hall–Kier alpha value is -1.47. The number of hydrogen-bond donors (Lipinski definition) is 1. The van der Waals surface area contributed by atoms with E-state index in [-0.39, 0.29) is 0 Å². The van der Waals surface area contributed by atoms with Gasteiger partial charge in [0, 0.05) is 0 Å². The van der Waals surface area contributed by atoms with E-state index in [1.165, 1.54) is 0 Å². The van der Waals surface area contributed by atoms with Crippen molar-refractivity contribution in [3.63, 3.8) is 0 Å². The molecule has 0 saturated carbocycles. The first-order chi connectivity index (χ1) is 7.59. The number of rotatable bonds is 2. The fourth-order valence-electron chi connectivity index (χ4n) is 1.03. The Morgan fingerprint density at radius 1 is 1.00 bits per heavy atom. The molecule has 0 heterocycles. The van der Waals surface area contributed by atoms with E-state index >= 15 is 0 Å². The van der Waals surface area contributed by atoms with Crippen LogP contribution in [0.2, 0.25) is 0 Å². The molecule has 1 N–H and O–H groups in total. The third-order valence-corrected chi connectivity index (χ3v) is 1.77. The van der Waals surface area contributed by atoms with Gasteiger partial charge in [-0.25, -0.2) is 4.39 Å². The molecule has 0 aliphatic carbocycles. The van der Waals surface area contributed by atoms with Crippen LogP contribution in [0, 0.1) is 5.82 Å². The zero-order valence-electron chi connectivity index (χ0n) is 8.08. The molecule has 0 aliphatic rings. The molecule has 1 aromatic carbocycles. The maximum Gasteiger partial charge on any atom is 0.416 e. The van der Waals surface area contributed by atoms with Crippen molar-refractivity contribution in [2.45, 2.75) is 12.4 Å². The number of nitrogens with one attached hydrogen (secondary N) is 1. The standard InChI is InChI=1S/C9H6F7N/c10-6-2-1-5(9(14,15)16)3-7(6)17-4-8(11,12)13/h1-3,17H,4H2. The highest BCUT2D eigenvalue weighted by Gasteiger charge is 2.32. The van der Waals surface area contributed by atoms with E-state index in [9.17, 15) is 30.7 Å². The van der Waals surface area contributed by atoms with Crippen LogP contribution in [0.4, 0.5) is 36.4 Å². The Morgan fingerprint density at radius 3 is 2.06 bits per heavy atom. The second kappa shape index (κ2) is 4.42. The predicted molar refractivity (Wildman–Crippen MR) is 45.9 cm³/mol. The Bertz CT molecular complexity index is 393. The first-order valence-corrected chi connectivity index (χ1v) is 4.27. The molecule has 0 bridgehead atoms. The van der Waals surface area contributed by atoms with E-state index < -0.39 is 36.0 Å². The van der Waals surface area contributed by atoms with Gasteiger partial charge in [0.05, 0.1) is 11.3 Å². The third-order valence-electron chi connectivity index (χ3n) is 1.77. The van der Waals surface area contributed by atoms with Gasteiger partial charge in [-0.3, -0.25) is 0 Å². The fourth-order valence-corrected chi connectivity index (χ4v) is 1.03. The monoisotopic (exact) mass is 261 g/mol. The summed E-state index contributed by atoms with van der Waals surface area (Å²) >= 11 is 0. The second-order valence-corrected chi connectivity index (χ2v) is 3.16. The van der Waals surface area contributed by atoms with Crippen molar-refractivity contribution in [1.82, 2.24) is 0 Å². The van der Waals surface area contributed by atoms with Gasteiger partial charge in [-0.2, -0.15) is 26.3 Å². The maximum atomic E-state index is 12.9. The summed E-state index contributed by atoms with van der Waals surface area (Å²) in [5.74, 6) is -1.18. The van der Waals surface area contributed by atoms with Crippen molar-refractivity contribution in [2.75, 3.05) is 11.9 Å². The summed E-state index contributed by atoms with van der Waals surface area (Å²) in [7, 11) is 0. The SMILES string of the molecule is Fc1ccc(C(F)(F)F)cc1NCC(F)(F)F. The zero-order valence-corrected chi connectivity index (χ0v) is 8.08. The molecule has 0 amide bonds. The van der Waals surface area contributed by atoms with Crippen LogP contribution >= 0.6 is 0 Å². The van der Waals surface area contributed by atoms with Crippen LogP contribution in [0.5, 0.6) is 0 Å². The Morgan fingerprint density at radius 2 is 1.59 bits per heavy atom. The topological polar surface area (TPSA) is 12.0 Å². The summed E-state index contributed by atoms with van der Waals surface area (Å²) in [6, 6.07) is 1.21. The van der Waals surface area contributed by atoms with Crippen LogP contribution in [0.3, 0.4) is 0 Å². The third kappa shape index (κ3) is 4.12.